The molecule has 0 aliphatic heterocycles. The molecule has 0 unspecified atom stereocenters. The topological polar surface area (TPSA) is 129 Å². The molecule has 0 radical (unpaired) electrons. The van der Waals surface area contributed by atoms with Crippen LogP contribution in [0.1, 0.15) is 0 Å². The van der Waals surface area contributed by atoms with Crippen molar-refractivity contribution in [3.63, 3.8) is 0 Å². The third-order valence-corrected chi connectivity index (χ3v) is 3.93. The summed E-state index contributed by atoms with van der Waals surface area (Å²) < 4.78 is 0. The molecule has 7 nitrogen and oxygen atoms in total. The van der Waals surface area contributed by atoms with Gasteiger partial charge in [-0.1, -0.05) is 12.1 Å². The Labute approximate surface area is 142 Å². The summed E-state index contributed by atoms with van der Waals surface area (Å²) in [6.07, 6.45) is 3.53. The van der Waals surface area contributed by atoms with Crippen molar-refractivity contribution in [1.82, 2.24) is 9.97 Å². The number of thiazole rings is 1. The monoisotopic (exact) mass is 337 g/mol. The van der Waals surface area contributed by atoms with Gasteiger partial charge < -0.3 is 17.2 Å². The number of hydrogen-bond donors (Lipinski definition) is 3. The van der Waals surface area contributed by atoms with Crippen molar-refractivity contribution in [2.75, 3.05) is 0 Å². The number of nitrogens with two attached hydrogens (primary N) is 3. The smallest absolute Gasteiger partial charge is 0.223 e. The van der Waals surface area contributed by atoms with E-state index in [-0.39, 0.29) is 11.9 Å². The molecule has 2 aromatic heterocycles. The first-order valence-electron chi connectivity index (χ1n) is 7.02. The molecule has 0 fully saturated rings. The second-order valence-corrected chi connectivity index (χ2v) is 5.69. The third-order valence-electron chi connectivity index (χ3n) is 3.04. The van der Waals surface area contributed by atoms with Gasteiger partial charge in [0.1, 0.15) is 5.01 Å². The molecule has 0 amide bonds. The fraction of sp³-hybridized carbons (Fsp3) is 0. The van der Waals surface area contributed by atoms with Gasteiger partial charge in [0.25, 0.3) is 0 Å². The summed E-state index contributed by atoms with van der Waals surface area (Å²) in [4.78, 5) is 16.6. The van der Waals surface area contributed by atoms with Crippen LogP contribution in [0, 0.1) is 0 Å². The fourth-order valence-corrected chi connectivity index (χ4v) is 2.87. The van der Waals surface area contributed by atoms with Gasteiger partial charge in [0.2, 0.25) is 5.96 Å². The minimum absolute atomic E-state index is 0.00137. The van der Waals surface area contributed by atoms with E-state index in [1.807, 2.05) is 41.8 Å². The average Bonchev–Trinajstić information content (AvgIpc) is 3.05. The van der Waals surface area contributed by atoms with Crippen LogP contribution in [-0.2, 0) is 0 Å². The highest BCUT2D eigenvalue weighted by molar-refractivity contribution is 7.13. The van der Waals surface area contributed by atoms with Crippen LogP contribution in [0.5, 0.6) is 0 Å². The summed E-state index contributed by atoms with van der Waals surface area (Å²) in [6, 6.07) is 11.4. The zero-order valence-corrected chi connectivity index (χ0v) is 13.4. The highest BCUT2D eigenvalue weighted by Crippen LogP contribution is 2.30. The van der Waals surface area contributed by atoms with Crippen LogP contribution in [0.4, 0.5) is 5.69 Å². The maximum atomic E-state index is 5.66. The molecule has 2 heterocycles. The Morgan fingerprint density at radius 1 is 1.04 bits per heavy atom. The van der Waals surface area contributed by atoms with E-state index in [9.17, 15) is 0 Å². The lowest BCUT2D eigenvalue weighted by Crippen LogP contribution is -2.26. The molecule has 0 spiro atoms. The number of rotatable bonds is 3. The van der Waals surface area contributed by atoms with Gasteiger partial charge in [-0.15, -0.1) is 11.3 Å². The molecule has 3 aromatic rings. The van der Waals surface area contributed by atoms with E-state index >= 15 is 0 Å². The van der Waals surface area contributed by atoms with Crippen LogP contribution < -0.4 is 17.2 Å². The summed E-state index contributed by atoms with van der Waals surface area (Å²) in [5, 5.41) is 2.90. The van der Waals surface area contributed by atoms with Gasteiger partial charge in [-0.05, 0) is 24.3 Å². The molecule has 0 aliphatic carbocycles. The standard InChI is InChI=1S/C16H15N7S/c17-15(18)23-16(19)21-12-5-1-3-10(7-12)13-9-24-14(22-13)11-4-2-6-20-8-11/h1-9H,(H6,17,18,19,21,23). The number of aliphatic imine (C=N–C) groups is 2. The Balaban J connectivity index is 1.90. The maximum absolute atomic E-state index is 5.66. The molecule has 120 valence electrons. The van der Waals surface area contributed by atoms with E-state index in [0.717, 1.165) is 21.8 Å². The van der Waals surface area contributed by atoms with Crippen molar-refractivity contribution in [2.24, 2.45) is 27.2 Å². The van der Waals surface area contributed by atoms with Crippen molar-refractivity contribution < 1.29 is 0 Å². The zero-order chi connectivity index (χ0) is 16.9. The molecule has 0 saturated carbocycles. The van der Waals surface area contributed by atoms with Crippen molar-refractivity contribution in [3.05, 3.63) is 54.2 Å². The van der Waals surface area contributed by atoms with Crippen LogP contribution >= 0.6 is 11.3 Å². The first kappa shape index (κ1) is 15.6. The van der Waals surface area contributed by atoms with E-state index in [0.29, 0.717) is 5.69 Å². The maximum Gasteiger partial charge on any atom is 0.223 e. The predicted molar refractivity (Wildman–Crippen MR) is 97.9 cm³/mol. The molecular formula is C16H15N7S. The minimum atomic E-state index is -0.131. The predicted octanol–water partition coefficient (Wildman–Crippen LogP) is 2.09. The lowest BCUT2D eigenvalue weighted by molar-refractivity contribution is 1.31. The Morgan fingerprint density at radius 3 is 2.62 bits per heavy atom. The largest absolute Gasteiger partial charge is 0.370 e. The Hall–Kier alpha value is -3.26. The van der Waals surface area contributed by atoms with Gasteiger partial charge in [-0.3, -0.25) is 4.98 Å². The highest BCUT2D eigenvalue weighted by Gasteiger charge is 2.07. The number of aromatic nitrogens is 2. The molecule has 0 bridgehead atoms. The summed E-state index contributed by atoms with van der Waals surface area (Å²) in [7, 11) is 0. The Kier molecular flexibility index (Phi) is 4.48. The fourth-order valence-electron chi connectivity index (χ4n) is 2.05. The van der Waals surface area contributed by atoms with E-state index in [2.05, 4.69) is 20.0 Å². The highest BCUT2D eigenvalue weighted by atomic mass is 32.1. The van der Waals surface area contributed by atoms with Crippen molar-refractivity contribution in [3.8, 4) is 21.8 Å². The molecular weight excluding hydrogens is 322 g/mol. The normalized spacial score (nSPS) is 11.2. The summed E-state index contributed by atoms with van der Waals surface area (Å²) in [6.45, 7) is 0. The van der Waals surface area contributed by atoms with E-state index < -0.39 is 0 Å². The van der Waals surface area contributed by atoms with Gasteiger partial charge in [0.15, 0.2) is 5.96 Å². The minimum Gasteiger partial charge on any atom is -0.370 e. The summed E-state index contributed by atoms with van der Waals surface area (Å²) in [5.41, 5.74) is 19.6. The van der Waals surface area contributed by atoms with Crippen LogP contribution in [0.2, 0.25) is 0 Å². The lowest BCUT2D eigenvalue weighted by atomic mass is 10.1. The average molecular weight is 337 g/mol. The summed E-state index contributed by atoms with van der Waals surface area (Å²) >= 11 is 1.56. The van der Waals surface area contributed by atoms with Crippen LogP contribution in [0.25, 0.3) is 21.8 Å². The molecule has 0 aliphatic rings. The third kappa shape index (κ3) is 3.73. The molecule has 3 rings (SSSR count). The number of hydrogen-bond acceptors (Lipinski definition) is 4. The van der Waals surface area contributed by atoms with Gasteiger partial charge in [0.05, 0.1) is 11.4 Å². The van der Waals surface area contributed by atoms with Gasteiger partial charge in [-0.2, -0.15) is 4.99 Å². The number of nitrogens with zero attached hydrogens (tertiary/aromatic N) is 4. The van der Waals surface area contributed by atoms with Crippen LogP contribution in [-0.4, -0.2) is 21.9 Å². The van der Waals surface area contributed by atoms with Gasteiger partial charge >= 0.3 is 0 Å². The molecule has 6 N–H and O–H groups in total. The van der Waals surface area contributed by atoms with Crippen molar-refractivity contribution in [2.45, 2.75) is 0 Å². The molecule has 24 heavy (non-hydrogen) atoms. The Bertz CT molecular complexity index is 896. The van der Waals surface area contributed by atoms with Crippen molar-refractivity contribution >= 4 is 28.9 Å². The van der Waals surface area contributed by atoms with Crippen LogP contribution in [0.3, 0.4) is 0 Å². The first-order valence-corrected chi connectivity index (χ1v) is 7.90. The first-order chi connectivity index (χ1) is 11.6. The quantitative estimate of drug-likeness (QED) is 0.498. The SMILES string of the molecule is NC(N)=NC(N)=Nc1cccc(-c2csc(-c3cccnc3)n2)c1. The molecule has 8 heteroatoms. The van der Waals surface area contributed by atoms with Gasteiger partial charge in [0, 0.05) is 28.9 Å². The zero-order valence-electron chi connectivity index (χ0n) is 12.6. The lowest BCUT2D eigenvalue weighted by Gasteiger charge is -2.00. The van der Waals surface area contributed by atoms with Gasteiger partial charge in [-0.25, -0.2) is 9.98 Å². The van der Waals surface area contributed by atoms with Crippen LogP contribution in [0.15, 0.2) is 64.2 Å². The number of guanidine groups is 2. The van der Waals surface area contributed by atoms with E-state index in [1.165, 1.54) is 0 Å². The molecule has 1 aromatic carbocycles. The molecule has 0 saturated heterocycles. The Morgan fingerprint density at radius 2 is 1.88 bits per heavy atom. The molecule has 0 atom stereocenters. The van der Waals surface area contributed by atoms with Crippen molar-refractivity contribution in [1.29, 1.82) is 0 Å². The second kappa shape index (κ2) is 6.88. The number of pyridine rings is 1. The van der Waals surface area contributed by atoms with E-state index in [1.54, 1.807) is 23.7 Å². The number of benzene rings is 1. The second-order valence-electron chi connectivity index (χ2n) is 4.84. The summed E-state index contributed by atoms with van der Waals surface area (Å²) in [5.74, 6) is -0.130. The van der Waals surface area contributed by atoms with E-state index in [4.69, 9.17) is 17.2 Å².